The molecule has 1 nitrogen and oxygen atoms in total. The molecule has 0 aromatic heterocycles. The van der Waals surface area contributed by atoms with Gasteiger partial charge in [-0.15, -0.1) is 0 Å². The van der Waals surface area contributed by atoms with E-state index in [-0.39, 0.29) is 0 Å². The molecule has 1 fully saturated rings. The molecule has 0 aromatic rings. The lowest BCUT2D eigenvalue weighted by molar-refractivity contribution is 0.168. The second-order valence-electron chi connectivity index (χ2n) is 4.95. The quantitative estimate of drug-likeness (QED) is 0.607. The maximum atomic E-state index is 13.9. The van der Waals surface area contributed by atoms with Crippen molar-refractivity contribution in [2.24, 2.45) is 0 Å². The van der Waals surface area contributed by atoms with E-state index in [4.69, 9.17) is 0 Å². The Kier molecular flexibility index (Phi) is 6.23. The van der Waals surface area contributed by atoms with Gasteiger partial charge in [0, 0.05) is 6.54 Å². The molecule has 0 bridgehead atoms. The van der Waals surface area contributed by atoms with Crippen molar-refractivity contribution in [1.29, 1.82) is 0 Å². The Morgan fingerprint density at radius 3 is 2.40 bits per heavy atom. The summed E-state index contributed by atoms with van der Waals surface area (Å²) in [5.41, 5.74) is -0.872. The third-order valence-electron chi connectivity index (χ3n) is 3.40. The molecule has 0 aromatic carbocycles. The van der Waals surface area contributed by atoms with Crippen molar-refractivity contribution in [2.45, 2.75) is 70.4 Å². The molecule has 0 atom stereocenters. The van der Waals surface area contributed by atoms with Gasteiger partial charge >= 0.3 is 0 Å². The summed E-state index contributed by atoms with van der Waals surface area (Å²) in [6, 6.07) is 0. The zero-order valence-electron chi connectivity index (χ0n) is 10.2. The summed E-state index contributed by atoms with van der Waals surface area (Å²) in [6.45, 7) is 3.81. The molecule has 0 unspecified atom stereocenters. The van der Waals surface area contributed by atoms with Gasteiger partial charge in [-0.1, -0.05) is 45.4 Å². The van der Waals surface area contributed by atoms with Gasteiger partial charge in [0.15, 0.2) is 0 Å². The van der Waals surface area contributed by atoms with Crippen LogP contribution in [0.25, 0.3) is 0 Å². The summed E-state index contributed by atoms with van der Waals surface area (Å²) in [4.78, 5) is 0. The molecule has 1 saturated carbocycles. The van der Waals surface area contributed by atoms with Crippen LogP contribution in [0, 0.1) is 0 Å². The van der Waals surface area contributed by atoms with E-state index in [0.29, 0.717) is 6.54 Å². The van der Waals surface area contributed by atoms with Crippen LogP contribution < -0.4 is 5.32 Å². The number of hydrogen-bond acceptors (Lipinski definition) is 1. The Labute approximate surface area is 93.8 Å². The summed E-state index contributed by atoms with van der Waals surface area (Å²) < 4.78 is 13.9. The lowest BCUT2D eigenvalue weighted by Gasteiger charge is -2.19. The predicted molar refractivity (Wildman–Crippen MR) is 63.9 cm³/mol. The van der Waals surface area contributed by atoms with Crippen LogP contribution in [0.3, 0.4) is 0 Å². The molecule has 90 valence electrons. The van der Waals surface area contributed by atoms with Crippen molar-refractivity contribution < 1.29 is 4.39 Å². The van der Waals surface area contributed by atoms with Crippen molar-refractivity contribution in [2.75, 3.05) is 13.1 Å². The molecule has 0 saturated heterocycles. The monoisotopic (exact) mass is 215 g/mol. The van der Waals surface area contributed by atoms with Crippen LogP contribution in [0.4, 0.5) is 4.39 Å². The lowest BCUT2D eigenvalue weighted by Crippen LogP contribution is -2.34. The summed E-state index contributed by atoms with van der Waals surface area (Å²) in [7, 11) is 0. The Balaban J connectivity index is 1.88. The van der Waals surface area contributed by atoms with Crippen LogP contribution in [0.2, 0.25) is 0 Å². The van der Waals surface area contributed by atoms with Crippen molar-refractivity contribution in [3.05, 3.63) is 0 Å². The number of nitrogens with one attached hydrogen (secondary N) is 1. The maximum Gasteiger partial charge on any atom is 0.123 e. The minimum Gasteiger partial charge on any atom is -0.314 e. The predicted octanol–water partition coefficient (Wildman–Crippen LogP) is 3.83. The molecule has 1 aliphatic carbocycles. The summed E-state index contributed by atoms with van der Waals surface area (Å²) in [5, 5.41) is 3.27. The second kappa shape index (κ2) is 7.21. The second-order valence-corrected chi connectivity index (χ2v) is 4.95. The fourth-order valence-electron chi connectivity index (χ4n) is 2.35. The SMILES string of the molecule is CCCCCCCNCC1(F)CCCC1. The molecule has 1 rings (SSSR count). The van der Waals surface area contributed by atoms with Gasteiger partial charge in [0.2, 0.25) is 0 Å². The molecule has 0 heterocycles. The number of halogens is 1. The average Bonchev–Trinajstić information content (AvgIpc) is 2.64. The first-order valence-corrected chi connectivity index (χ1v) is 6.66. The molecule has 0 spiro atoms. The van der Waals surface area contributed by atoms with E-state index in [2.05, 4.69) is 12.2 Å². The largest absolute Gasteiger partial charge is 0.314 e. The fourth-order valence-corrected chi connectivity index (χ4v) is 2.35. The molecule has 0 amide bonds. The van der Waals surface area contributed by atoms with Gasteiger partial charge in [-0.2, -0.15) is 0 Å². The molecule has 1 aliphatic rings. The van der Waals surface area contributed by atoms with Crippen LogP contribution in [0.1, 0.15) is 64.7 Å². The molecule has 0 radical (unpaired) electrons. The van der Waals surface area contributed by atoms with Crippen molar-refractivity contribution >= 4 is 0 Å². The van der Waals surface area contributed by atoms with Gasteiger partial charge in [0.1, 0.15) is 5.67 Å². The smallest absolute Gasteiger partial charge is 0.123 e. The van der Waals surface area contributed by atoms with E-state index in [1.54, 1.807) is 0 Å². The summed E-state index contributed by atoms with van der Waals surface area (Å²) in [6.07, 6.45) is 10.2. The first-order valence-electron chi connectivity index (χ1n) is 6.66. The number of hydrogen-bond donors (Lipinski definition) is 1. The van der Waals surface area contributed by atoms with Crippen LogP contribution in [-0.4, -0.2) is 18.8 Å². The highest BCUT2D eigenvalue weighted by molar-refractivity contribution is 4.86. The Morgan fingerprint density at radius 2 is 1.73 bits per heavy atom. The summed E-state index contributed by atoms with van der Waals surface area (Å²) >= 11 is 0. The molecule has 2 heteroatoms. The summed E-state index contributed by atoms with van der Waals surface area (Å²) in [5.74, 6) is 0. The lowest BCUT2D eigenvalue weighted by atomic mass is 10.1. The van der Waals surface area contributed by atoms with Gasteiger partial charge < -0.3 is 5.32 Å². The first-order chi connectivity index (χ1) is 7.27. The fraction of sp³-hybridized carbons (Fsp3) is 1.00. The van der Waals surface area contributed by atoms with Crippen molar-refractivity contribution in [3.63, 3.8) is 0 Å². The van der Waals surface area contributed by atoms with Crippen molar-refractivity contribution in [3.8, 4) is 0 Å². The molecule has 15 heavy (non-hydrogen) atoms. The van der Waals surface area contributed by atoms with Gasteiger partial charge in [-0.05, 0) is 25.8 Å². The third kappa shape index (κ3) is 5.50. The van der Waals surface area contributed by atoms with E-state index >= 15 is 0 Å². The van der Waals surface area contributed by atoms with E-state index in [1.807, 2.05) is 0 Å². The van der Waals surface area contributed by atoms with Crippen LogP contribution in [0.15, 0.2) is 0 Å². The van der Waals surface area contributed by atoms with Gasteiger partial charge in [0.05, 0.1) is 0 Å². The van der Waals surface area contributed by atoms with Crippen LogP contribution in [-0.2, 0) is 0 Å². The van der Waals surface area contributed by atoms with E-state index < -0.39 is 5.67 Å². The minimum atomic E-state index is -0.872. The standard InChI is InChI=1S/C13H26FN/c1-2-3-4-5-8-11-15-12-13(14)9-6-7-10-13/h15H,2-12H2,1H3. The zero-order valence-corrected chi connectivity index (χ0v) is 10.2. The average molecular weight is 215 g/mol. The first kappa shape index (κ1) is 13.0. The van der Waals surface area contributed by atoms with Gasteiger partial charge in [0.25, 0.3) is 0 Å². The highest BCUT2D eigenvalue weighted by Gasteiger charge is 2.32. The maximum absolute atomic E-state index is 13.9. The molecule has 0 aliphatic heterocycles. The molecule has 1 N–H and O–H groups in total. The van der Waals surface area contributed by atoms with E-state index in [9.17, 15) is 4.39 Å². The Bertz CT molecular complexity index is 153. The number of rotatable bonds is 8. The number of alkyl halides is 1. The van der Waals surface area contributed by atoms with E-state index in [0.717, 1.165) is 32.2 Å². The zero-order chi connectivity index (χ0) is 11.0. The van der Waals surface area contributed by atoms with Crippen LogP contribution >= 0.6 is 0 Å². The highest BCUT2D eigenvalue weighted by atomic mass is 19.1. The number of unbranched alkanes of at least 4 members (excludes halogenated alkanes) is 4. The van der Waals surface area contributed by atoms with Gasteiger partial charge in [-0.3, -0.25) is 0 Å². The van der Waals surface area contributed by atoms with Gasteiger partial charge in [-0.25, -0.2) is 4.39 Å². The third-order valence-corrected chi connectivity index (χ3v) is 3.40. The Morgan fingerprint density at radius 1 is 1.07 bits per heavy atom. The van der Waals surface area contributed by atoms with Crippen LogP contribution in [0.5, 0.6) is 0 Å². The van der Waals surface area contributed by atoms with E-state index in [1.165, 1.54) is 32.1 Å². The molecular formula is C13H26FN. The minimum absolute atomic E-state index is 0.584. The normalized spacial score (nSPS) is 19.6. The van der Waals surface area contributed by atoms with Crippen molar-refractivity contribution in [1.82, 2.24) is 5.32 Å². The molecular weight excluding hydrogens is 189 g/mol. The highest BCUT2D eigenvalue weighted by Crippen LogP contribution is 2.32. The topological polar surface area (TPSA) is 12.0 Å². The Hall–Kier alpha value is -0.110.